The Bertz CT molecular complexity index is 135. The van der Waals surface area contributed by atoms with E-state index in [9.17, 15) is 9.59 Å². The minimum Gasteiger partial charge on any atom is -0.358 e. The molecule has 0 bridgehead atoms. The number of hydrogen-bond acceptors (Lipinski definition) is 3. The van der Waals surface area contributed by atoms with Crippen LogP contribution in [0.25, 0.3) is 0 Å². The van der Waals surface area contributed by atoms with Crippen molar-refractivity contribution in [3.05, 3.63) is 0 Å². The van der Waals surface area contributed by atoms with Crippen LogP contribution in [0.3, 0.4) is 0 Å². The summed E-state index contributed by atoms with van der Waals surface area (Å²) in [5.74, 6) is -0.594. The standard InChI is InChI=1S/C5H9NO2S/c1-3(7)4(9)5(8)6-2/h4,9H,1-2H3,(H,6,8). The van der Waals surface area contributed by atoms with Crippen LogP contribution < -0.4 is 5.32 Å². The highest BCUT2D eigenvalue weighted by Gasteiger charge is 2.15. The van der Waals surface area contributed by atoms with Crippen molar-refractivity contribution in [1.82, 2.24) is 5.32 Å². The third kappa shape index (κ3) is 2.51. The van der Waals surface area contributed by atoms with Crippen LogP contribution >= 0.6 is 12.6 Å². The Morgan fingerprint density at radius 1 is 1.56 bits per heavy atom. The molecule has 1 unspecified atom stereocenters. The molecule has 0 rings (SSSR count). The number of amides is 1. The van der Waals surface area contributed by atoms with Crippen molar-refractivity contribution < 1.29 is 9.59 Å². The fourth-order valence-corrected chi connectivity index (χ4v) is 0.450. The van der Waals surface area contributed by atoms with Crippen LogP contribution in [0.4, 0.5) is 0 Å². The van der Waals surface area contributed by atoms with Gasteiger partial charge in [0, 0.05) is 7.05 Å². The highest BCUT2D eigenvalue weighted by molar-refractivity contribution is 7.82. The van der Waals surface area contributed by atoms with Crippen LogP contribution in [0.1, 0.15) is 6.92 Å². The maximum Gasteiger partial charge on any atom is 0.240 e. The molecule has 0 heterocycles. The van der Waals surface area contributed by atoms with E-state index < -0.39 is 5.25 Å². The van der Waals surface area contributed by atoms with Gasteiger partial charge in [-0.15, -0.1) is 0 Å². The zero-order valence-corrected chi connectivity index (χ0v) is 6.24. The van der Waals surface area contributed by atoms with E-state index in [1.165, 1.54) is 14.0 Å². The summed E-state index contributed by atoms with van der Waals surface area (Å²) >= 11 is 3.74. The highest BCUT2D eigenvalue weighted by atomic mass is 32.1. The maximum absolute atomic E-state index is 10.5. The largest absolute Gasteiger partial charge is 0.358 e. The van der Waals surface area contributed by atoms with Gasteiger partial charge in [0.2, 0.25) is 5.91 Å². The van der Waals surface area contributed by atoms with E-state index in [1.807, 2.05) is 0 Å². The van der Waals surface area contributed by atoms with Gasteiger partial charge in [0.25, 0.3) is 0 Å². The molecule has 0 aromatic carbocycles. The highest BCUT2D eigenvalue weighted by Crippen LogP contribution is 1.94. The second-order valence-corrected chi connectivity index (χ2v) is 2.14. The lowest BCUT2D eigenvalue weighted by molar-refractivity contribution is -0.126. The number of carbonyl (C=O) groups excluding carboxylic acids is 2. The summed E-state index contributed by atoms with van der Waals surface area (Å²) in [6.07, 6.45) is 0. The number of hydrogen-bond donors (Lipinski definition) is 2. The summed E-state index contributed by atoms with van der Waals surface area (Å²) in [6, 6.07) is 0. The first-order chi connectivity index (χ1) is 4.09. The molecule has 4 heteroatoms. The van der Waals surface area contributed by atoms with E-state index in [0.717, 1.165) is 0 Å². The number of rotatable bonds is 2. The van der Waals surface area contributed by atoms with Crippen molar-refractivity contribution >= 4 is 24.3 Å². The van der Waals surface area contributed by atoms with E-state index in [0.29, 0.717) is 0 Å². The molecule has 0 aliphatic heterocycles. The molecule has 0 aromatic rings. The maximum atomic E-state index is 10.5. The van der Waals surface area contributed by atoms with Crippen molar-refractivity contribution in [2.45, 2.75) is 12.2 Å². The molecule has 0 spiro atoms. The van der Waals surface area contributed by atoms with E-state index in [1.54, 1.807) is 0 Å². The summed E-state index contributed by atoms with van der Waals surface area (Å²) in [6.45, 7) is 1.33. The van der Waals surface area contributed by atoms with Crippen LogP contribution in [0.5, 0.6) is 0 Å². The van der Waals surface area contributed by atoms with Gasteiger partial charge >= 0.3 is 0 Å². The fourth-order valence-electron chi connectivity index (χ4n) is 0.321. The molecule has 3 nitrogen and oxygen atoms in total. The second kappa shape index (κ2) is 3.50. The average molecular weight is 147 g/mol. The first kappa shape index (κ1) is 8.49. The SMILES string of the molecule is CNC(=O)C(S)C(C)=O. The number of Topliss-reactive ketones (excluding diaryl/α,β-unsaturated/α-hetero) is 1. The normalized spacial score (nSPS) is 12.3. The molecular formula is C5H9NO2S. The van der Waals surface area contributed by atoms with E-state index >= 15 is 0 Å². The van der Waals surface area contributed by atoms with Gasteiger partial charge in [0.1, 0.15) is 5.25 Å². The van der Waals surface area contributed by atoms with Gasteiger partial charge in [-0.05, 0) is 6.92 Å². The molecule has 0 aromatic heterocycles. The van der Waals surface area contributed by atoms with Crippen molar-refractivity contribution in [1.29, 1.82) is 0 Å². The predicted molar refractivity (Wildman–Crippen MR) is 37.5 cm³/mol. The van der Waals surface area contributed by atoms with Crippen LogP contribution in [-0.4, -0.2) is 24.0 Å². The summed E-state index contributed by atoms with van der Waals surface area (Å²) in [4.78, 5) is 21.0. The van der Waals surface area contributed by atoms with Gasteiger partial charge in [0.15, 0.2) is 5.78 Å². The van der Waals surface area contributed by atoms with Gasteiger partial charge in [-0.1, -0.05) is 0 Å². The first-order valence-electron chi connectivity index (χ1n) is 2.49. The third-order valence-corrected chi connectivity index (χ3v) is 1.48. The number of carbonyl (C=O) groups is 2. The minimum atomic E-state index is -0.810. The Kier molecular flexibility index (Phi) is 3.30. The second-order valence-electron chi connectivity index (χ2n) is 1.63. The molecule has 1 atom stereocenters. The van der Waals surface area contributed by atoms with Gasteiger partial charge in [-0.3, -0.25) is 9.59 Å². The topological polar surface area (TPSA) is 46.2 Å². The van der Waals surface area contributed by atoms with E-state index in [4.69, 9.17) is 0 Å². The van der Waals surface area contributed by atoms with Crippen LogP contribution in [-0.2, 0) is 9.59 Å². The third-order valence-electron chi connectivity index (χ3n) is 0.880. The van der Waals surface area contributed by atoms with E-state index in [-0.39, 0.29) is 11.7 Å². The number of ketones is 1. The molecule has 9 heavy (non-hydrogen) atoms. The Labute approximate surface area is 59.2 Å². The lowest BCUT2D eigenvalue weighted by atomic mass is 10.3. The van der Waals surface area contributed by atoms with Crippen LogP contribution in [0.15, 0.2) is 0 Å². The number of nitrogens with one attached hydrogen (secondary N) is 1. The Hall–Kier alpha value is -0.510. The number of thiol groups is 1. The van der Waals surface area contributed by atoms with Crippen molar-refractivity contribution in [3.8, 4) is 0 Å². The zero-order chi connectivity index (χ0) is 7.44. The predicted octanol–water partition coefficient (Wildman–Crippen LogP) is -0.380. The zero-order valence-electron chi connectivity index (χ0n) is 5.34. The summed E-state index contributed by atoms with van der Waals surface area (Å²) in [7, 11) is 1.47. The van der Waals surface area contributed by atoms with Crippen molar-refractivity contribution in [3.63, 3.8) is 0 Å². The summed E-state index contributed by atoms with van der Waals surface area (Å²) in [5.41, 5.74) is 0. The van der Waals surface area contributed by atoms with Gasteiger partial charge in [-0.2, -0.15) is 12.6 Å². The molecular weight excluding hydrogens is 138 g/mol. The lowest BCUT2D eigenvalue weighted by Crippen LogP contribution is -2.32. The van der Waals surface area contributed by atoms with Crippen LogP contribution in [0, 0.1) is 0 Å². The minimum absolute atomic E-state index is 0.238. The molecule has 0 aliphatic rings. The van der Waals surface area contributed by atoms with Gasteiger partial charge in [0.05, 0.1) is 0 Å². The van der Waals surface area contributed by atoms with E-state index in [2.05, 4.69) is 17.9 Å². The smallest absolute Gasteiger partial charge is 0.240 e. The summed E-state index contributed by atoms with van der Waals surface area (Å²) in [5, 5.41) is 1.50. The Morgan fingerprint density at radius 3 is 2.11 bits per heavy atom. The van der Waals surface area contributed by atoms with Crippen LogP contribution in [0.2, 0.25) is 0 Å². The lowest BCUT2D eigenvalue weighted by Gasteiger charge is -2.02. The molecule has 0 aliphatic carbocycles. The van der Waals surface area contributed by atoms with Crippen molar-refractivity contribution in [2.75, 3.05) is 7.05 Å². The first-order valence-corrected chi connectivity index (χ1v) is 3.01. The molecule has 1 N–H and O–H groups in total. The molecule has 0 saturated heterocycles. The quantitative estimate of drug-likeness (QED) is 0.413. The Morgan fingerprint density at radius 2 is 2.00 bits per heavy atom. The monoisotopic (exact) mass is 147 g/mol. The Balaban J connectivity index is 3.88. The molecule has 0 saturated carbocycles. The van der Waals surface area contributed by atoms with Gasteiger partial charge in [-0.25, -0.2) is 0 Å². The van der Waals surface area contributed by atoms with Crippen molar-refractivity contribution in [2.24, 2.45) is 0 Å². The average Bonchev–Trinajstić information content (AvgIpc) is 1.84. The fraction of sp³-hybridized carbons (Fsp3) is 0.600. The summed E-state index contributed by atoms with van der Waals surface area (Å²) < 4.78 is 0. The molecule has 0 radical (unpaired) electrons. The van der Waals surface area contributed by atoms with Gasteiger partial charge < -0.3 is 5.32 Å². The molecule has 1 amide bonds. The molecule has 52 valence electrons. The molecule has 0 fully saturated rings.